The molecule has 1 aromatic carbocycles. The maximum absolute atomic E-state index is 13.0. The first-order valence-electron chi connectivity index (χ1n) is 10.3. The van der Waals surface area contributed by atoms with Crippen LogP contribution >= 0.6 is 0 Å². The lowest BCUT2D eigenvalue weighted by molar-refractivity contribution is 0.0728. The number of para-hydroxylation sites is 1. The molecule has 160 valence electrons. The third kappa shape index (κ3) is 3.54. The van der Waals surface area contributed by atoms with Crippen molar-refractivity contribution in [1.82, 2.24) is 34.8 Å². The maximum Gasteiger partial charge on any atom is 0.319 e. The van der Waals surface area contributed by atoms with Crippen molar-refractivity contribution in [1.29, 1.82) is 0 Å². The minimum Gasteiger partial charge on any atom is -0.337 e. The van der Waals surface area contributed by atoms with Crippen LogP contribution in [0, 0.1) is 5.41 Å². The van der Waals surface area contributed by atoms with Crippen LogP contribution in [-0.2, 0) is 13.6 Å². The second kappa shape index (κ2) is 7.53. The molecule has 0 bridgehead atoms. The number of rotatable bonds is 3. The molecule has 0 aliphatic carbocycles. The van der Waals surface area contributed by atoms with E-state index in [0.717, 1.165) is 18.7 Å². The van der Waals surface area contributed by atoms with Crippen LogP contribution in [0.1, 0.15) is 35.2 Å². The lowest BCUT2D eigenvalue weighted by atomic mass is 9.74. The first-order valence-corrected chi connectivity index (χ1v) is 10.3. The zero-order chi connectivity index (χ0) is 21.4. The molecule has 0 unspecified atom stereocenters. The van der Waals surface area contributed by atoms with E-state index >= 15 is 0 Å². The number of benzene rings is 1. The molecule has 3 amide bonds. The fourth-order valence-corrected chi connectivity index (χ4v) is 4.65. The molecule has 0 saturated carbocycles. The van der Waals surface area contributed by atoms with Gasteiger partial charge in [0.2, 0.25) is 0 Å². The van der Waals surface area contributed by atoms with Gasteiger partial charge in [-0.25, -0.2) is 14.5 Å². The monoisotopic (exact) mass is 420 g/mol. The summed E-state index contributed by atoms with van der Waals surface area (Å²) < 4.78 is 3.46. The lowest BCUT2D eigenvalue weighted by Crippen LogP contribution is -2.49. The highest BCUT2D eigenvalue weighted by molar-refractivity contribution is 5.92. The van der Waals surface area contributed by atoms with Gasteiger partial charge in [0.1, 0.15) is 17.8 Å². The van der Waals surface area contributed by atoms with E-state index in [-0.39, 0.29) is 23.4 Å². The molecule has 1 saturated heterocycles. The van der Waals surface area contributed by atoms with Gasteiger partial charge in [0.05, 0.1) is 6.04 Å². The van der Waals surface area contributed by atoms with Crippen molar-refractivity contribution >= 4 is 17.6 Å². The smallest absolute Gasteiger partial charge is 0.319 e. The van der Waals surface area contributed by atoms with Crippen LogP contribution in [0.5, 0.6) is 0 Å². The Kier molecular flexibility index (Phi) is 4.68. The highest BCUT2D eigenvalue weighted by Gasteiger charge is 2.51. The van der Waals surface area contributed by atoms with Gasteiger partial charge < -0.3 is 15.5 Å². The van der Waals surface area contributed by atoms with Gasteiger partial charge >= 0.3 is 6.03 Å². The molecule has 2 aliphatic heterocycles. The predicted octanol–water partition coefficient (Wildman–Crippen LogP) is 1.81. The van der Waals surface area contributed by atoms with Gasteiger partial charge in [0, 0.05) is 44.0 Å². The van der Waals surface area contributed by atoms with Gasteiger partial charge in [-0.2, -0.15) is 10.2 Å². The fraction of sp³-hybridized carbons (Fsp3) is 0.381. The van der Waals surface area contributed by atoms with Crippen LogP contribution in [-0.4, -0.2) is 54.5 Å². The Bertz CT molecular complexity index is 1110. The molecular weight excluding hydrogens is 396 g/mol. The molecule has 2 aromatic heterocycles. The first-order chi connectivity index (χ1) is 15.0. The van der Waals surface area contributed by atoms with Crippen molar-refractivity contribution in [3.05, 3.63) is 60.4 Å². The number of likely N-dealkylation sites (tertiary alicyclic amines) is 1. The third-order valence-electron chi connectivity index (χ3n) is 6.25. The number of hydrogen-bond donors (Lipinski definition) is 2. The average Bonchev–Trinajstić information content (AvgIpc) is 3.51. The fourth-order valence-electron chi connectivity index (χ4n) is 4.65. The Hall–Kier alpha value is -3.69. The van der Waals surface area contributed by atoms with Crippen molar-refractivity contribution in [3.8, 4) is 0 Å². The molecule has 5 rings (SSSR count). The number of carbonyl (C=O) groups excluding carboxylic acids is 2. The highest BCUT2D eigenvalue weighted by Crippen LogP contribution is 2.47. The Labute approximate surface area is 179 Å². The summed E-state index contributed by atoms with van der Waals surface area (Å²) in [6, 6.07) is 10.4. The van der Waals surface area contributed by atoms with E-state index in [0.29, 0.717) is 31.0 Å². The number of carbonyl (C=O) groups is 2. The minimum absolute atomic E-state index is 0.0861. The van der Waals surface area contributed by atoms with E-state index in [4.69, 9.17) is 0 Å². The summed E-state index contributed by atoms with van der Waals surface area (Å²) >= 11 is 0. The van der Waals surface area contributed by atoms with Crippen molar-refractivity contribution in [2.45, 2.75) is 25.4 Å². The van der Waals surface area contributed by atoms with E-state index in [1.165, 1.54) is 6.33 Å². The number of amides is 3. The quantitative estimate of drug-likeness (QED) is 0.672. The number of urea groups is 1. The van der Waals surface area contributed by atoms with Crippen LogP contribution in [0.2, 0.25) is 0 Å². The summed E-state index contributed by atoms with van der Waals surface area (Å²) in [7, 11) is 1.79. The van der Waals surface area contributed by atoms with Crippen LogP contribution in [0.15, 0.2) is 48.9 Å². The molecule has 2 aliphatic rings. The van der Waals surface area contributed by atoms with Gasteiger partial charge in [-0.3, -0.25) is 9.48 Å². The number of nitrogens with one attached hydrogen (secondary N) is 2. The average molecular weight is 420 g/mol. The van der Waals surface area contributed by atoms with Gasteiger partial charge in [0.25, 0.3) is 5.91 Å². The number of hydrogen-bond acceptors (Lipinski definition) is 5. The van der Waals surface area contributed by atoms with Crippen LogP contribution < -0.4 is 10.6 Å². The summed E-state index contributed by atoms with van der Waals surface area (Å²) in [5, 5.41) is 14.5. The van der Waals surface area contributed by atoms with E-state index in [1.54, 1.807) is 24.0 Å². The molecule has 0 radical (unpaired) electrons. The van der Waals surface area contributed by atoms with Crippen LogP contribution in [0.25, 0.3) is 0 Å². The first kappa shape index (κ1) is 19.3. The normalized spacial score (nSPS) is 22.4. The largest absolute Gasteiger partial charge is 0.337 e. The zero-order valence-corrected chi connectivity index (χ0v) is 17.2. The zero-order valence-electron chi connectivity index (χ0n) is 17.2. The third-order valence-corrected chi connectivity index (χ3v) is 6.25. The lowest BCUT2D eigenvalue weighted by Gasteiger charge is -2.40. The van der Waals surface area contributed by atoms with E-state index < -0.39 is 0 Å². The summed E-state index contributed by atoms with van der Waals surface area (Å²) in [5.41, 5.74) is 0.844. The number of aryl methyl sites for hydroxylation is 2. The van der Waals surface area contributed by atoms with Crippen LogP contribution in [0.4, 0.5) is 10.5 Å². The Morgan fingerprint density at radius 2 is 1.94 bits per heavy atom. The molecule has 2 N–H and O–H groups in total. The second-order valence-electron chi connectivity index (χ2n) is 8.20. The topological polar surface area (TPSA) is 110 Å². The summed E-state index contributed by atoms with van der Waals surface area (Å²) in [6.45, 7) is 1.85. The van der Waals surface area contributed by atoms with Crippen molar-refractivity contribution in [3.63, 3.8) is 0 Å². The Morgan fingerprint density at radius 3 is 2.71 bits per heavy atom. The van der Waals surface area contributed by atoms with Crippen molar-refractivity contribution < 1.29 is 9.59 Å². The van der Waals surface area contributed by atoms with E-state index in [9.17, 15) is 9.59 Å². The molecule has 2 atom stereocenters. The molecule has 4 heterocycles. The van der Waals surface area contributed by atoms with Gasteiger partial charge in [-0.15, -0.1) is 0 Å². The second-order valence-corrected chi connectivity index (χ2v) is 8.20. The predicted molar refractivity (Wildman–Crippen MR) is 112 cm³/mol. The highest BCUT2D eigenvalue weighted by atomic mass is 16.2. The molecule has 3 aromatic rings. The number of nitrogens with zero attached hydrogens (tertiary/aromatic N) is 6. The van der Waals surface area contributed by atoms with Crippen LogP contribution in [0.3, 0.4) is 0 Å². The number of anilines is 1. The standard InChI is InChI=1S/C21H24N8O2/c1-27-10-7-16(26-27)19(30)28-11-8-21(13-28)9-12-29-18(22-14-23-29)17(21)25-20(31)24-15-5-3-2-4-6-15/h2-7,10,14,17H,8-9,11-13H2,1H3,(H2,24,25,31)/t17-,21+/m1/s1. The molecule has 1 fully saturated rings. The molecule has 31 heavy (non-hydrogen) atoms. The Balaban J connectivity index is 1.38. The van der Waals surface area contributed by atoms with Gasteiger partial charge in [0.15, 0.2) is 0 Å². The maximum atomic E-state index is 13.0. The van der Waals surface area contributed by atoms with E-state index in [2.05, 4.69) is 25.8 Å². The molecule has 10 nitrogen and oxygen atoms in total. The summed E-state index contributed by atoms with van der Waals surface area (Å²) in [6.07, 6.45) is 4.85. The van der Waals surface area contributed by atoms with Crippen molar-refractivity contribution in [2.24, 2.45) is 12.5 Å². The number of aromatic nitrogens is 5. The van der Waals surface area contributed by atoms with Crippen molar-refractivity contribution in [2.75, 3.05) is 18.4 Å². The SMILES string of the molecule is Cn1ccc(C(=O)N2CC[C@]3(CCn4ncnc4[C@H]3NC(=O)Nc3ccccc3)C2)n1. The Morgan fingerprint density at radius 1 is 1.13 bits per heavy atom. The molecule has 10 heteroatoms. The van der Waals surface area contributed by atoms with Gasteiger partial charge in [-0.1, -0.05) is 18.2 Å². The summed E-state index contributed by atoms with van der Waals surface area (Å²) in [5.74, 6) is 0.638. The van der Waals surface area contributed by atoms with Gasteiger partial charge in [-0.05, 0) is 31.0 Å². The molecular formula is C21H24N8O2. The molecule has 1 spiro atoms. The van der Waals surface area contributed by atoms with E-state index in [1.807, 2.05) is 39.9 Å². The summed E-state index contributed by atoms with van der Waals surface area (Å²) in [4.78, 5) is 32.1. The minimum atomic E-state index is -0.353. The number of fused-ring (bicyclic) bond motifs is 1.